The maximum atomic E-state index is 5.58. The number of fused-ring (bicyclic) bond motifs is 1. The maximum absolute atomic E-state index is 5.58. The van der Waals surface area contributed by atoms with Crippen molar-refractivity contribution >= 4 is 0 Å². The third-order valence-corrected chi connectivity index (χ3v) is 5.23. The van der Waals surface area contributed by atoms with Crippen LogP contribution < -0.4 is 4.74 Å². The summed E-state index contributed by atoms with van der Waals surface area (Å²) in [6, 6.07) is 17.1. The summed E-state index contributed by atoms with van der Waals surface area (Å²) < 4.78 is 7.72. The van der Waals surface area contributed by atoms with Gasteiger partial charge in [-0.2, -0.15) is 5.10 Å². The van der Waals surface area contributed by atoms with E-state index >= 15 is 0 Å². The van der Waals surface area contributed by atoms with Gasteiger partial charge in [-0.15, -0.1) is 0 Å². The molecule has 0 radical (unpaired) electrons. The van der Waals surface area contributed by atoms with Crippen molar-refractivity contribution in [3.8, 4) is 22.7 Å². The first-order valence-corrected chi connectivity index (χ1v) is 11.1. The molecule has 0 saturated heterocycles. The molecule has 154 valence electrons. The second-order valence-electron chi connectivity index (χ2n) is 7.71. The Morgan fingerprint density at radius 2 is 1.69 bits per heavy atom. The van der Waals surface area contributed by atoms with Gasteiger partial charge in [0.25, 0.3) is 0 Å². The van der Waals surface area contributed by atoms with Gasteiger partial charge in [0.2, 0.25) is 0 Å². The molecule has 2 aromatic carbocycles. The van der Waals surface area contributed by atoms with E-state index in [1.54, 1.807) is 7.11 Å². The topological polar surface area (TPSA) is 27.1 Å². The van der Waals surface area contributed by atoms with Gasteiger partial charge in [0, 0.05) is 11.1 Å². The van der Waals surface area contributed by atoms with Crippen LogP contribution in [0, 0.1) is 0 Å². The van der Waals surface area contributed by atoms with Crippen molar-refractivity contribution in [2.45, 2.75) is 65.7 Å². The third-order valence-electron chi connectivity index (χ3n) is 5.23. The molecule has 29 heavy (non-hydrogen) atoms. The smallest absolute Gasteiger partial charge is 0.122 e. The average Bonchev–Trinajstić information content (AvgIpc) is 3.15. The van der Waals surface area contributed by atoms with Gasteiger partial charge >= 0.3 is 0 Å². The highest BCUT2D eigenvalue weighted by molar-refractivity contribution is 5.69. The van der Waals surface area contributed by atoms with Crippen molar-refractivity contribution in [2.75, 3.05) is 7.11 Å². The minimum absolute atomic E-state index is 0.982. The molecule has 1 aliphatic rings. The van der Waals surface area contributed by atoms with E-state index in [2.05, 4.69) is 74.0 Å². The summed E-state index contributed by atoms with van der Waals surface area (Å²) in [7, 11) is 1.75. The monoisotopic (exact) mass is 390 g/mol. The van der Waals surface area contributed by atoms with Crippen LogP contribution >= 0.6 is 0 Å². The molecular weight excluding hydrogens is 356 g/mol. The van der Waals surface area contributed by atoms with E-state index in [4.69, 9.17) is 9.84 Å². The number of para-hydroxylation sites is 1. The van der Waals surface area contributed by atoms with Gasteiger partial charge in [-0.3, -0.25) is 0 Å². The highest BCUT2D eigenvalue weighted by atomic mass is 16.5. The molecule has 3 nitrogen and oxygen atoms in total. The molecule has 0 aliphatic heterocycles. The van der Waals surface area contributed by atoms with Crippen LogP contribution in [0.4, 0.5) is 0 Å². The highest BCUT2D eigenvalue weighted by Crippen LogP contribution is 2.35. The molecule has 1 aliphatic carbocycles. The molecule has 3 aromatic rings. The van der Waals surface area contributed by atoms with E-state index in [0.29, 0.717) is 0 Å². The minimum Gasteiger partial charge on any atom is -0.496 e. The molecule has 0 unspecified atom stereocenters. The van der Waals surface area contributed by atoms with E-state index in [0.717, 1.165) is 37.1 Å². The molecule has 0 fully saturated rings. The molecule has 1 aromatic heterocycles. The van der Waals surface area contributed by atoms with Crippen molar-refractivity contribution in [1.29, 1.82) is 0 Å². The Labute approximate surface area is 175 Å². The number of hydrogen-bond acceptors (Lipinski definition) is 2. The zero-order valence-electron chi connectivity index (χ0n) is 18.4. The zero-order valence-corrected chi connectivity index (χ0v) is 18.4. The van der Waals surface area contributed by atoms with Crippen molar-refractivity contribution in [2.24, 2.45) is 0 Å². The predicted molar refractivity (Wildman–Crippen MR) is 122 cm³/mol. The number of nitrogens with zero attached hydrogens (tertiary/aromatic N) is 2. The lowest BCUT2D eigenvalue weighted by atomic mass is 9.92. The number of aromatic nitrogens is 2. The van der Waals surface area contributed by atoms with Crippen molar-refractivity contribution in [3.63, 3.8) is 0 Å². The Kier molecular flexibility index (Phi) is 7.51. The molecule has 0 saturated carbocycles. The van der Waals surface area contributed by atoms with E-state index in [1.165, 1.54) is 47.3 Å². The summed E-state index contributed by atoms with van der Waals surface area (Å²) in [4.78, 5) is 0. The van der Waals surface area contributed by atoms with Crippen LogP contribution in [-0.2, 0) is 19.3 Å². The summed E-state index contributed by atoms with van der Waals surface area (Å²) >= 11 is 0. The molecule has 0 N–H and O–H groups in total. The number of methoxy groups -OCH3 is 1. The van der Waals surface area contributed by atoms with Crippen LogP contribution in [0.3, 0.4) is 0 Å². The summed E-state index contributed by atoms with van der Waals surface area (Å²) in [5.74, 6) is 0.982. The predicted octanol–water partition coefficient (Wildman–Crippen LogP) is 6.80. The van der Waals surface area contributed by atoms with Crippen molar-refractivity contribution < 1.29 is 4.74 Å². The molecule has 0 spiro atoms. The zero-order chi connectivity index (χ0) is 20.6. The van der Waals surface area contributed by atoms with Crippen LogP contribution in [0.15, 0.2) is 48.5 Å². The summed E-state index contributed by atoms with van der Waals surface area (Å²) in [5.41, 5.74) is 7.60. The van der Waals surface area contributed by atoms with Gasteiger partial charge in [-0.05, 0) is 68.0 Å². The van der Waals surface area contributed by atoms with E-state index in [-0.39, 0.29) is 0 Å². The first-order valence-electron chi connectivity index (χ1n) is 11.1. The fourth-order valence-corrected chi connectivity index (χ4v) is 4.00. The lowest BCUT2D eigenvalue weighted by molar-refractivity contribution is 0.409. The lowest BCUT2D eigenvalue weighted by Crippen LogP contribution is -2.02. The first-order chi connectivity index (χ1) is 14.2. The van der Waals surface area contributed by atoms with Gasteiger partial charge < -0.3 is 4.74 Å². The molecular formula is C26H34N2O. The Morgan fingerprint density at radius 1 is 0.966 bits per heavy atom. The van der Waals surface area contributed by atoms with Crippen LogP contribution in [0.1, 0.15) is 63.3 Å². The Hall–Kier alpha value is -2.55. The molecule has 4 rings (SSSR count). The largest absolute Gasteiger partial charge is 0.496 e. The molecule has 0 bridgehead atoms. The lowest BCUT2D eigenvalue weighted by Gasteiger charge is -2.15. The highest BCUT2D eigenvalue weighted by Gasteiger charge is 2.23. The Balaban J connectivity index is 0.000000755. The van der Waals surface area contributed by atoms with E-state index in [9.17, 15) is 0 Å². The molecule has 0 atom stereocenters. The molecule has 1 heterocycles. The fourth-order valence-electron chi connectivity index (χ4n) is 4.00. The maximum Gasteiger partial charge on any atom is 0.122 e. The molecule has 0 amide bonds. The fraction of sp³-hybridized carbons (Fsp3) is 0.423. The number of benzene rings is 2. The van der Waals surface area contributed by atoms with Crippen LogP contribution in [0.5, 0.6) is 5.75 Å². The molecule has 3 heteroatoms. The minimum atomic E-state index is 0.982. The second kappa shape index (κ2) is 10.3. The van der Waals surface area contributed by atoms with Crippen LogP contribution in [-0.4, -0.2) is 16.9 Å². The first kappa shape index (κ1) is 21.2. The number of hydrogen-bond donors (Lipinski definition) is 0. The van der Waals surface area contributed by atoms with Crippen LogP contribution in [0.25, 0.3) is 16.9 Å². The standard InChI is InChI=1S/C23H26N2O.C3H8/c1-3-9-17-16-18(14-15-22(17)26-2)23-20-12-7-8-13-21(20)24-25(23)19-10-5-4-6-11-19;1-3-2/h4-6,10-11,14-16H,3,7-9,12-13H2,1-2H3;3H2,1-2H3. The normalized spacial score (nSPS) is 12.7. The van der Waals surface area contributed by atoms with Gasteiger partial charge in [0.15, 0.2) is 0 Å². The summed E-state index contributed by atoms with van der Waals surface area (Å²) in [5, 5.41) is 5.00. The average molecular weight is 391 g/mol. The number of ether oxygens (including phenoxy) is 1. The van der Waals surface area contributed by atoms with Gasteiger partial charge in [0.05, 0.1) is 24.2 Å². The van der Waals surface area contributed by atoms with Gasteiger partial charge in [0.1, 0.15) is 5.75 Å². The summed E-state index contributed by atoms with van der Waals surface area (Å²) in [6.07, 6.45) is 8.07. The second-order valence-corrected chi connectivity index (χ2v) is 7.71. The van der Waals surface area contributed by atoms with Crippen molar-refractivity contribution in [1.82, 2.24) is 9.78 Å². The Morgan fingerprint density at radius 3 is 2.38 bits per heavy atom. The quantitative estimate of drug-likeness (QED) is 0.479. The van der Waals surface area contributed by atoms with Crippen molar-refractivity contribution in [3.05, 3.63) is 65.4 Å². The number of rotatable bonds is 5. The van der Waals surface area contributed by atoms with E-state index < -0.39 is 0 Å². The van der Waals surface area contributed by atoms with Gasteiger partial charge in [-0.25, -0.2) is 4.68 Å². The van der Waals surface area contributed by atoms with E-state index in [1.807, 2.05) is 0 Å². The third kappa shape index (κ3) is 4.72. The van der Waals surface area contributed by atoms with Crippen LogP contribution in [0.2, 0.25) is 0 Å². The summed E-state index contributed by atoms with van der Waals surface area (Å²) in [6.45, 7) is 6.46. The SMILES string of the molecule is CCC.CCCc1cc(-c2c3c(nn2-c2ccccc2)CCCC3)ccc1OC. The Bertz CT molecular complexity index is 912. The number of aryl methyl sites for hydroxylation is 2. The van der Waals surface area contributed by atoms with Gasteiger partial charge in [-0.1, -0.05) is 51.8 Å².